The van der Waals surface area contributed by atoms with Crippen LogP contribution in [0.15, 0.2) is 43.0 Å². The van der Waals surface area contributed by atoms with Gasteiger partial charge in [-0.25, -0.2) is 14.4 Å². The molecule has 3 aliphatic carbocycles. The predicted molar refractivity (Wildman–Crippen MR) is 175 cm³/mol. The van der Waals surface area contributed by atoms with Crippen molar-refractivity contribution in [2.75, 3.05) is 40.1 Å². The molecule has 3 fully saturated rings. The van der Waals surface area contributed by atoms with E-state index in [1.54, 1.807) is 80.3 Å². The van der Waals surface area contributed by atoms with Gasteiger partial charge in [-0.2, -0.15) is 0 Å². The third-order valence-electron chi connectivity index (χ3n) is 8.31. The summed E-state index contributed by atoms with van der Waals surface area (Å²) in [4.78, 5) is 43.4. The molecular formula is C36H57O9Y-. The summed E-state index contributed by atoms with van der Waals surface area (Å²) in [5.74, 6) is 3.07. The van der Waals surface area contributed by atoms with Gasteiger partial charge in [-0.15, -0.1) is 0 Å². The van der Waals surface area contributed by atoms with E-state index in [9.17, 15) is 19.2 Å². The van der Waals surface area contributed by atoms with Crippen LogP contribution >= 0.6 is 0 Å². The summed E-state index contributed by atoms with van der Waals surface area (Å²) in [5, 5.41) is 0. The van der Waals surface area contributed by atoms with Crippen molar-refractivity contribution in [2.24, 2.45) is 29.1 Å². The molecule has 0 spiro atoms. The Morgan fingerprint density at radius 1 is 0.696 bits per heavy atom. The summed E-state index contributed by atoms with van der Waals surface area (Å²) in [7, 11) is 1.55. The SMILES string of the molecule is C1CC2C3CCC(C3)C2C1.C=C(C)C(=O)OCC.C=C(C)C(=O)OCC(CC)(COC)COC(=O)C(=C)C.C=[C-]C(=O)OCC.[Y]. The van der Waals surface area contributed by atoms with Crippen molar-refractivity contribution >= 4 is 23.9 Å². The van der Waals surface area contributed by atoms with Gasteiger partial charge < -0.3 is 29.8 Å². The number of fused-ring (bicyclic) bond motifs is 5. The minimum atomic E-state index is -0.565. The number of carbonyl (C=O) groups excluding carboxylic acids is 4. The first kappa shape index (κ1) is 46.0. The molecular weight excluding hydrogens is 665 g/mol. The van der Waals surface area contributed by atoms with E-state index < -0.39 is 23.3 Å². The quantitative estimate of drug-likeness (QED) is 0.0881. The van der Waals surface area contributed by atoms with Crippen LogP contribution in [0.2, 0.25) is 0 Å². The van der Waals surface area contributed by atoms with Crippen LogP contribution in [0.5, 0.6) is 0 Å². The molecule has 3 rings (SSSR count). The van der Waals surface area contributed by atoms with Gasteiger partial charge in [0.25, 0.3) is 0 Å². The average Bonchev–Trinajstić information content (AvgIpc) is 3.76. The van der Waals surface area contributed by atoms with Gasteiger partial charge in [0, 0.05) is 56.5 Å². The molecule has 0 aromatic heterocycles. The third kappa shape index (κ3) is 17.2. The molecule has 3 aliphatic rings. The zero-order chi connectivity index (χ0) is 34.6. The largest absolute Gasteiger partial charge is 0.490 e. The maximum atomic E-state index is 11.5. The van der Waals surface area contributed by atoms with E-state index in [0.29, 0.717) is 43.0 Å². The van der Waals surface area contributed by atoms with Crippen molar-refractivity contribution in [3.05, 3.63) is 49.1 Å². The topological polar surface area (TPSA) is 114 Å². The molecule has 0 saturated heterocycles. The fraction of sp³-hybridized carbons (Fsp3) is 0.667. The minimum Gasteiger partial charge on any atom is -0.490 e. The third-order valence-corrected chi connectivity index (χ3v) is 8.31. The van der Waals surface area contributed by atoms with E-state index in [2.05, 4.69) is 41.9 Å². The summed E-state index contributed by atoms with van der Waals surface area (Å²) >= 11 is 0. The van der Waals surface area contributed by atoms with Gasteiger partial charge in [-0.1, -0.05) is 33.1 Å². The van der Waals surface area contributed by atoms with Crippen molar-refractivity contribution in [1.29, 1.82) is 0 Å². The van der Waals surface area contributed by atoms with Gasteiger partial charge >= 0.3 is 17.9 Å². The van der Waals surface area contributed by atoms with Crippen LogP contribution in [0, 0.1) is 35.2 Å². The maximum absolute atomic E-state index is 11.5. The Bertz CT molecular complexity index is 973. The number of hydrogen-bond acceptors (Lipinski definition) is 9. The molecule has 9 nitrogen and oxygen atoms in total. The molecule has 0 aliphatic heterocycles. The smallest absolute Gasteiger partial charge is 0.333 e. The molecule has 259 valence electrons. The van der Waals surface area contributed by atoms with Gasteiger partial charge in [-0.3, -0.25) is 11.4 Å². The Morgan fingerprint density at radius 3 is 1.39 bits per heavy atom. The fourth-order valence-electron chi connectivity index (χ4n) is 5.88. The number of hydrogen-bond donors (Lipinski definition) is 0. The number of esters is 4. The molecule has 3 saturated carbocycles. The Balaban J connectivity index is 0. The summed E-state index contributed by atoms with van der Waals surface area (Å²) in [5.41, 5.74) is 0.537. The summed E-state index contributed by atoms with van der Waals surface area (Å²) in [6, 6.07) is 0. The Kier molecular flexibility index (Phi) is 25.0. The monoisotopic (exact) mass is 722 g/mol. The normalized spacial score (nSPS) is 19.8. The molecule has 10 heteroatoms. The molecule has 0 amide bonds. The molecule has 0 N–H and O–H groups in total. The Labute approximate surface area is 302 Å². The van der Waals surface area contributed by atoms with E-state index in [1.165, 1.54) is 23.7 Å². The molecule has 4 atom stereocenters. The van der Waals surface area contributed by atoms with Gasteiger partial charge in [-0.05, 0) is 96.8 Å². The Hall–Kier alpha value is -2.10. The van der Waals surface area contributed by atoms with E-state index in [-0.39, 0.29) is 51.9 Å². The van der Waals surface area contributed by atoms with Crippen LogP contribution in [0.4, 0.5) is 0 Å². The second-order valence-electron chi connectivity index (χ2n) is 12.0. The second kappa shape index (κ2) is 25.0. The van der Waals surface area contributed by atoms with Crippen LogP contribution in [-0.4, -0.2) is 64.0 Å². The van der Waals surface area contributed by atoms with E-state index in [0.717, 1.165) is 0 Å². The number of carbonyl (C=O) groups is 4. The minimum absolute atomic E-state index is 0. The van der Waals surface area contributed by atoms with Crippen molar-refractivity contribution in [3.63, 3.8) is 0 Å². The van der Waals surface area contributed by atoms with E-state index in [1.807, 2.05) is 6.92 Å². The number of methoxy groups -OCH3 is 1. The molecule has 46 heavy (non-hydrogen) atoms. The summed E-state index contributed by atoms with van der Waals surface area (Å²) in [6.45, 7) is 25.1. The van der Waals surface area contributed by atoms with Gasteiger partial charge in [0.2, 0.25) is 0 Å². The van der Waals surface area contributed by atoms with Crippen molar-refractivity contribution in [2.45, 2.75) is 86.5 Å². The van der Waals surface area contributed by atoms with E-state index in [4.69, 9.17) is 14.2 Å². The van der Waals surface area contributed by atoms with E-state index >= 15 is 0 Å². The predicted octanol–water partition coefficient (Wildman–Crippen LogP) is 6.76. The van der Waals surface area contributed by atoms with Crippen molar-refractivity contribution < 1.29 is 75.6 Å². The molecule has 1 radical (unpaired) electrons. The number of rotatable bonds is 13. The average molecular weight is 723 g/mol. The van der Waals surface area contributed by atoms with Crippen LogP contribution in [-0.2, 0) is 75.6 Å². The van der Waals surface area contributed by atoms with Crippen LogP contribution in [0.3, 0.4) is 0 Å². The molecule has 0 aromatic carbocycles. The Morgan fingerprint density at radius 2 is 1.11 bits per heavy atom. The fourth-order valence-corrected chi connectivity index (χ4v) is 5.88. The maximum Gasteiger partial charge on any atom is 0.333 e. The molecule has 0 aromatic rings. The van der Waals surface area contributed by atoms with Crippen LogP contribution in [0.25, 0.3) is 0 Å². The summed E-state index contributed by atoms with van der Waals surface area (Å²) < 4.78 is 24.4. The zero-order valence-corrected chi connectivity index (χ0v) is 32.2. The first-order chi connectivity index (χ1) is 21.2. The van der Waals surface area contributed by atoms with Crippen molar-refractivity contribution in [1.82, 2.24) is 0 Å². The van der Waals surface area contributed by atoms with Crippen molar-refractivity contribution in [3.8, 4) is 0 Å². The zero-order valence-electron chi connectivity index (χ0n) is 29.4. The number of ether oxygens (including phenoxy) is 5. The van der Waals surface area contributed by atoms with Gasteiger partial charge in [0.1, 0.15) is 19.2 Å². The standard InChI is InChI=1S/C15H24O5.C10H16.C6H10O2.C5H7O2.Y/c1-7-15(8-18-6,9-19-13(16)11(2)3)10-20-14(17)12(4)5;1-2-9-7-4-5-8(6-7)10(9)3-1;1-4-8-6(7)5(2)3;1-3-5(6)7-4-2;/h2,4,7-10H2,1,3,5-6H3;7-10H,1-6H2;2,4H2,1,3H3;1,4H2,2H3;/q;;;-1;. The molecule has 0 heterocycles. The first-order valence-electron chi connectivity index (χ1n) is 15.9. The second-order valence-corrected chi connectivity index (χ2v) is 12.0. The summed E-state index contributed by atoms with van der Waals surface area (Å²) in [6.07, 6.45) is 12.2. The van der Waals surface area contributed by atoms with Gasteiger partial charge in [0.15, 0.2) is 0 Å². The van der Waals surface area contributed by atoms with Crippen LogP contribution in [0.1, 0.15) is 86.5 Å². The first-order valence-corrected chi connectivity index (χ1v) is 15.9. The molecule has 4 unspecified atom stereocenters. The van der Waals surface area contributed by atoms with Crippen LogP contribution < -0.4 is 0 Å². The molecule has 2 bridgehead atoms. The van der Waals surface area contributed by atoms with Gasteiger partial charge in [0.05, 0.1) is 25.2 Å².